The molecule has 0 aliphatic carbocycles. The molecular formula is C25H31FN4O2. The third kappa shape index (κ3) is 4.07. The van der Waals surface area contributed by atoms with Crippen molar-refractivity contribution in [2.75, 3.05) is 44.3 Å². The Morgan fingerprint density at radius 2 is 1.88 bits per heavy atom. The molecule has 3 heterocycles. The van der Waals surface area contributed by atoms with Gasteiger partial charge in [-0.15, -0.1) is 0 Å². The molecule has 6 nitrogen and oxygen atoms in total. The average molecular weight is 439 g/mol. The number of rotatable bonds is 5. The van der Waals surface area contributed by atoms with E-state index < -0.39 is 0 Å². The Morgan fingerprint density at radius 3 is 2.56 bits per heavy atom. The maximum Gasteiger partial charge on any atom is 0.207 e. The van der Waals surface area contributed by atoms with Crippen LogP contribution in [0.2, 0.25) is 0 Å². The Labute approximate surface area is 188 Å². The van der Waals surface area contributed by atoms with Crippen molar-refractivity contribution in [1.29, 1.82) is 0 Å². The smallest absolute Gasteiger partial charge is 0.207 e. The van der Waals surface area contributed by atoms with Crippen molar-refractivity contribution in [3.8, 4) is 5.75 Å². The van der Waals surface area contributed by atoms with Crippen LogP contribution in [0.4, 0.5) is 10.3 Å². The molecule has 1 unspecified atom stereocenters. The zero-order chi connectivity index (χ0) is 22.2. The van der Waals surface area contributed by atoms with Crippen molar-refractivity contribution in [3.05, 3.63) is 52.3 Å². The van der Waals surface area contributed by atoms with Crippen molar-refractivity contribution >= 4 is 17.0 Å². The van der Waals surface area contributed by atoms with Gasteiger partial charge in [0.25, 0.3) is 0 Å². The van der Waals surface area contributed by atoms with E-state index in [1.54, 1.807) is 0 Å². The maximum absolute atomic E-state index is 14.3. The van der Waals surface area contributed by atoms with Crippen molar-refractivity contribution in [2.45, 2.75) is 39.8 Å². The first-order chi connectivity index (χ1) is 15.5. The van der Waals surface area contributed by atoms with E-state index in [1.807, 2.05) is 26.0 Å². The molecule has 170 valence electrons. The van der Waals surface area contributed by atoms with Crippen LogP contribution in [0.25, 0.3) is 11.0 Å². The molecule has 7 heteroatoms. The highest BCUT2D eigenvalue weighted by molar-refractivity contribution is 5.86. The van der Waals surface area contributed by atoms with Crippen LogP contribution >= 0.6 is 0 Å². The van der Waals surface area contributed by atoms with Gasteiger partial charge in [-0.2, -0.15) is 0 Å². The van der Waals surface area contributed by atoms with Crippen LogP contribution in [0, 0.1) is 26.6 Å². The first-order valence-electron chi connectivity index (χ1n) is 11.5. The number of nitrogens with one attached hydrogen (secondary N) is 1. The maximum atomic E-state index is 14.3. The monoisotopic (exact) mass is 438 g/mol. The summed E-state index contributed by atoms with van der Waals surface area (Å²) in [6.45, 7) is 11.4. The van der Waals surface area contributed by atoms with Gasteiger partial charge in [-0.25, -0.2) is 9.37 Å². The van der Waals surface area contributed by atoms with Crippen LogP contribution in [0.3, 0.4) is 0 Å². The van der Waals surface area contributed by atoms with Gasteiger partial charge < -0.3 is 24.3 Å². The molecule has 32 heavy (non-hydrogen) atoms. The third-order valence-corrected chi connectivity index (χ3v) is 6.36. The summed E-state index contributed by atoms with van der Waals surface area (Å²) in [6, 6.07) is 8.14. The fraction of sp³-hybridized carbons (Fsp3) is 0.480. The molecule has 2 aliphatic rings. The number of hydrogen-bond acceptors (Lipinski definition) is 5. The summed E-state index contributed by atoms with van der Waals surface area (Å²) in [5, 5.41) is 3.42. The molecule has 0 amide bonds. The minimum atomic E-state index is -0.128. The zero-order valence-electron chi connectivity index (χ0n) is 19.1. The van der Waals surface area contributed by atoms with Crippen LogP contribution in [0.15, 0.2) is 24.3 Å². The van der Waals surface area contributed by atoms with Crippen molar-refractivity contribution in [2.24, 2.45) is 0 Å². The molecule has 1 atom stereocenters. The Hall–Kier alpha value is -2.64. The fourth-order valence-corrected chi connectivity index (χ4v) is 4.76. The van der Waals surface area contributed by atoms with Crippen LogP contribution in [0.1, 0.15) is 28.7 Å². The molecule has 1 aromatic heterocycles. The number of hydrogen-bond donors (Lipinski definition) is 1. The SMILES string of the molecule is Cc1cc(OC2CCOC2)c2nc(N3CCNCC3)n(Cc3cc(C)c(F)c(C)c3)c2c1. The number of anilines is 1. The summed E-state index contributed by atoms with van der Waals surface area (Å²) >= 11 is 0. The van der Waals surface area contributed by atoms with Gasteiger partial charge in [0.15, 0.2) is 0 Å². The summed E-state index contributed by atoms with van der Waals surface area (Å²) in [5.41, 5.74) is 5.49. The summed E-state index contributed by atoms with van der Waals surface area (Å²) in [7, 11) is 0. The standard InChI is InChI=1S/C25H31FN4O2/c1-16-10-21-24(22(11-16)32-20-4-9-31-15-20)28-25(29-7-5-27-6-8-29)30(21)14-19-12-17(2)23(26)18(3)13-19/h10-13,20,27H,4-9,14-15H2,1-3H3. The van der Waals surface area contributed by atoms with E-state index in [-0.39, 0.29) is 11.9 Å². The number of benzene rings is 2. The predicted octanol–water partition coefficient (Wildman–Crippen LogP) is 3.73. The fourth-order valence-electron chi connectivity index (χ4n) is 4.76. The van der Waals surface area contributed by atoms with E-state index in [4.69, 9.17) is 14.5 Å². The molecule has 2 aromatic carbocycles. The molecule has 1 N–H and O–H groups in total. The molecule has 0 radical (unpaired) electrons. The van der Waals surface area contributed by atoms with E-state index in [0.717, 1.165) is 73.1 Å². The Kier molecular flexibility index (Phi) is 5.78. The highest BCUT2D eigenvalue weighted by Crippen LogP contribution is 2.33. The quantitative estimate of drug-likeness (QED) is 0.658. The molecule has 2 fully saturated rings. The normalized spacial score (nSPS) is 19.1. The summed E-state index contributed by atoms with van der Waals surface area (Å²) in [5.74, 6) is 1.63. The molecule has 0 saturated carbocycles. The van der Waals surface area contributed by atoms with E-state index in [2.05, 4.69) is 33.8 Å². The van der Waals surface area contributed by atoms with Gasteiger partial charge in [-0.1, -0.05) is 12.1 Å². The lowest BCUT2D eigenvalue weighted by Crippen LogP contribution is -2.44. The lowest BCUT2D eigenvalue weighted by atomic mass is 10.1. The van der Waals surface area contributed by atoms with Gasteiger partial charge in [0, 0.05) is 32.6 Å². The largest absolute Gasteiger partial charge is 0.486 e. The van der Waals surface area contributed by atoms with Crippen molar-refractivity contribution < 1.29 is 13.9 Å². The van der Waals surface area contributed by atoms with E-state index in [1.165, 1.54) is 0 Å². The number of piperazine rings is 1. The highest BCUT2D eigenvalue weighted by Gasteiger charge is 2.24. The molecule has 3 aromatic rings. The topological polar surface area (TPSA) is 51.6 Å². The Bertz CT molecular complexity index is 1110. The second-order valence-electron chi connectivity index (χ2n) is 9.01. The number of aromatic nitrogens is 2. The van der Waals surface area contributed by atoms with Gasteiger partial charge in [-0.3, -0.25) is 0 Å². The zero-order valence-corrected chi connectivity index (χ0v) is 19.1. The third-order valence-electron chi connectivity index (χ3n) is 6.36. The molecule has 5 rings (SSSR count). The van der Waals surface area contributed by atoms with Crippen LogP contribution in [0.5, 0.6) is 5.75 Å². The molecule has 2 saturated heterocycles. The van der Waals surface area contributed by atoms with Crippen LogP contribution in [-0.4, -0.2) is 55.0 Å². The number of halogens is 1. The molecular weight excluding hydrogens is 407 g/mol. The molecule has 2 aliphatic heterocycles. The second kappa shape index (κ2) is 8.71. The average Bonchev–Trinajstić information content (AvgIpc) is 3.41. The highest BCUT2D eigenvalue weighted by atomic mass is 19.1. The lowest BCUT2D eigenvalue weighted by Gasteiger charge is -2.29. The molecule has 0 bridgehead atoms. The summed E-state index contributed by atoms with van der Waals surface area (Å²) in [6.07, 6.45) is 0.963. The number of aryl methyl sites for hydroxylation is 3. The van der Waals surface area contributed by atoms with Crippen LogP contribution in [-0.2, 0) is 11.3 Å². The van der Waals surface area contributed by atoms with Gasteiger partial charge in [-0.05, 0) is 55.2 Å². The Balaban J connectivity index is 1.62. The van der Waals surface area contributed by atoms with Gasteiger partial charge in [0.1, 0.15) is 23.2 Å². The first kappa shape index (κ1) is 21.2. The number of imidazole rings is 1. The lowest BCUT2D eigenvalue weighted by molar-refractivity contribution is 0.142. The van der Waals surface area contributed by atoms with Gasteiger partial charge in [0.2, 0.25) is 5.95 Å². The minimum Gasteiger partial charge on any atom is -0.486 e. The van der Waals surface area contributed by atoms with Crippen molar-refractivity contribution in [1.82, 2.24) is 14.9 Å². The molecule has 0 spiro atoms. The number of ether oxygens (including phenoxy) is 2. The van der Waals surface area contributed by atoms with E-state index in [9.17, 15) is 4.39 Å². The van der Waals surface area contributed by atoms with E-state index >= 15 is 0 Å². The predicted molar refractivity (Wildman–Crippen MR) is 124 cm³/mol. The Morgan fingerprint density at radius 1 is 1.12 bits per heavy atom. The van der Waals surface area contributed by atoms with Gasteiger partial charge in [0.05, 0.1) is 25.3 Å². The van der Waals surface area contributed by atoms with E-state index in [0.29, 0.717) is 24.3 Å². The number of fused-ring (bicyclic) bond motifs is 1. The summed E-state index contributed by atoms with van der Waals surface area (Å²) in [4.78, 5) is 7.43. The number of nitrogens with zero attached hydrogens (tertiary/aromatic N) is 3. The second-order valence-corrected chi connectivity index (χ2v) is 9.01. The first-order valence-corrected chi connectivity index (χ1v) is 11.5. The summed E-state index contributed by atoms with van der Waals surface area (Å²) < 4.78 is 28.4. The minimum absolute atomic E-state index is 0.0650. The van der Waals surface area contributed by atoms with Gasteiger partial charge >= 0.3 is 0 Å². The van der Waals surface area contributed by atoms with Crippen molar-refractivity contribution in [3.63, 3.8) is 0 Å². The van der Waals surface area contributed by atoms with Crippen LogP contribution < -0.4 is 15.0 Å².